The highest BCUT2D eigenvalue weighted by molar-refractivity contribution is 6.09. The van der Waals surface area contributed by atoms with Crippen molar-refractivity contribution in [3.8, 4) is 0 Å². The van der Waals surface area contributed by atoms with Crippen molar-refractivity contribution in [1.82, 2.24) is 15.5 Å². The van der Waals surface area contributed by atoms with Gasteiger partial charge in [0.25, 0.3) is 0 Å². The summed E-state index contributed by atoms with van der Waals surface area (Å²) >= 11 is 0. The van der Waals surface area contributed by atoms with E-state index in [1.807, 2.05) is 0 Å². The molecular formula is C23H31F2N7O2. The van der Waals surface area contributed by atoms with E-state index < -0.39 is 11.6 Å². The molecule has 0 aliphatic carbocycles. The van der Waals surface area contributed by atoms with Gasteiger partial charge in [-0.15, -0.1) is 0 Å². The maximum atomic E-state index is 14.9. The first-order chi connectivity index (χ1) is 16.4. The molecule has 0 aromatic heterocycles. The average Bonchev–Trinajstić information content (AvgIpc) is 2.85. The number of nitrogens with two attached hydrogens (primary N) is 2. The molecule has 3 rings (SSSR count). The van der Waals surface area contributed by atoms with Crippen LogP contribution in [-0.2, 0) is 4.74 Å². The van der Waals surface area contributed by atoms with Crippen molar-refractivity contribution in [2.45, 2.75) is 25.3 Å². The Morgan fingerprint density at radius 2 is 2.00 bits per heavy atom. The third-order valence-corrected chi connectivity index (χ3v) is 5.79. The van der Waals surface area contributed by atoms with Crippen LogP contribution in [-0.4, -0.2) is 69.4 Å². The Kier molecular flexibility index (Phi) is 8.58. The Labute approximate surface area is 197 Å². The minimum atomic E-state index is -0.762. The predicted octanol–water partition coefficient (Wildman–Crippen LogP) is 2.02. The lowest BCUT2D eigenvalue weighted by Crippen LogP contribution is -2.47. The lowest BCUT2D eigenvalue weighted by molar-refractivity contribution is 0.0798. The summed E-state index contributed by atoms with van der Waals surface area (Å²) in [6.45, 7) is 2.00. The van der Waals surface area contributed by atoms with Gasteiger partial charge in [0, 0.05) is 87.2 Å². The van der Waals surface area contributed by atoms with E-state index in [0.29, 0.717) is 31.8 Å². The van der Waals surface area contributed by atoms with Gasteiger partial charge in [0.2, 0.25) is 0 Å². The standard InChI is InChI=1S/C23H31F2N7O2/c1-28-12-14(11-26)16-9-19(25)21(10-18(16)24)31-22(27)17-13-32(23(33)29-2)6-3-20(17)30-15-4-7-34-8-5-15/h9-12,15,30H,3-8,13,26H2,1-2H3,(H2,27,31)(H,29,33). The molecule has 34 heavy (non-hydrogen) atoms. The summed E-state index contributed by atoms with van der Waals surface area (Å²) in [6.07, 6.45) is 4.70. The zero-order valence-corrected chi connectivity index (χ0v) is 19.4. The summed E-state index contributed by atoms with van der Waals surface area (Å²) < 4.78 is 35.0. The second-order valence-electron chi connectivity index (χ2n) is 8.00. The van der Waals surface area contributed by atoms with Crippen molar-refractivity contribution in [2.75, 3.05) is 40.4 Å². The van der Waals surface area contributed by atoms with Crippen LogP contribution in [0, 0.1) is 11.6 Å². The predicted molar refractivity (Wildman–Crippen MR) is 129 cm³/mol. The van der Waals surface area contributed by atoms with Crippen molar-refractivity contribution in [3.63, 3.8) is 0 Å². The largest absolute Gasteiger partial charge is 0.404 e. The Morgan fingerprint density at radius 3 is 2.65 bits per heavy atom. The van der Waals surface area contributed by atoms with Crippen LogP contribution < -0.4 is 22.1 Å². The fourth-order valence-corrected chi connectivity index (χ4v) is 3.96. The molecule has 2 aliphatic rings. The highest BCUT2D eigenvalue weighted by atomic mass is 19.1. The average molecular weight is 476 g/mol. The van der Waals surface area contributed by atoms with Crippen molar-refractivity contribution >= 4 is 29.3 Å². The number of amidine groups is 1. The number of benzene rings is 1. The van der Waals surface area contributed by atoms with E-state index in [9.17, 15) is 13.6 Å². The van der Waals surface area contributed by atoms with Gasteiger partial charge in [-0.1, -0.05) is 0 Å². The Bertz CT molecular complexity index is 1030. The molecule has 0 spiro atoms. The van der Waals surface area contributed by atoms with Crippen molar-refractivity contribution in [1.29, 1.82) is 0 Å². The lowest BCUT2D eigenvalue weighted by atomic mass is 10.0. The van der Waals surface area contributed by atoms with Gasteiger partial charge < -0.3 is 31.7 Å². The van der Waals surface area contributed by atoms with Crippen molar-refractivity contribution < 1.29 is 18.3 Å². The fraction of sp³-hybridized carbons (Fsp3) is 0.435. The summed E-state index contributed by atoms with van der Waals surface area (Å²) in [5.74, 6) is -1.46. The van der Waals surface area contributed by atoms with Gasteiger partial charge in [-0.25, -0.2) is 18.6 Å². The first-order valence-corrected chi connectivity index (χ1v) is 11.1. The van der Waals surface area contributed by atoms with Crippen molar-refractivity contribution in [2.24, 2.45) is 21.5 Å². The van der Waals surface area contributed by atoms with Crippen LogP contribution in [0.2, 0.25) is 0 Å². The number of amides is 2. The monoisotopic (exact) mass is 475 g/mol. The van der Waals surface area contributed by atoms with Gasteiger partial charge in [-0.2, -0.15) is 0 Å². The normalized spacial score (nSPS) is 18.5. The molecule has 1 aromatic rings. The fourth-order valence-electron chi connectivity index (χ4n) is 3.96. The van der Waals surface area contributed by atoms with Gasteiger partial charge in [-0.3, -0.25) is 4.99 Å². The zero-order chi connectivity index (χ0) is 24.7. The van der Waals surface area contributed by atoms with Gasteiger partial charge in [-0.05, 0) is 18.9 Å². The molecule has 0 unspecified atom stereocenters. The van der Waals surface area contributed by atoms with E-state index in [0.717, 1.165) is 36.9 Å². The smallest absolute Gasteiger partial charge is 0.317 e. The van der Waals surface area contributed by atoms with E-state index in [1.54, 1.807) is 11.9 Å². The Morgan fingerprint density at radius 1 is 1.26 bits per heavy atom. The topological polar surface area (TPSA) is 130 Å². The molecule has 1 saturated heterocycles. The molecule has 1 aromatic carbocycles. The minimum Gasteiger partial charge on any atom is -0.404 e. The number of allylic oxidation sites excluding steroid dienone is 1. The van der Waals surface area contributed by atoms with E-state index >= 15 is 0 Å². The second-order valence-corrected chi connectivity index (χ2v) is 8.00. The summed E-state index contributed by atoms with van der Waals surface area (Å²) in [6, 6.07) is 1.93. The summed E-state index contributed by atoms with van der Waals surface area (Å²) in [7, 11) is 3.05. The van der Waals surface area contributed by atoms with Gasteiger partial charge in [0.1, 0.15) is 23.2 Å². The molecule has 2 heterocycles. The molecule has 1 fully saturated rings. The number of ether oxygens (including phenoxy) is 1. The maximum absolute atomic E-state index is 14.9. The number of hydrogen-bond acceptors (Lipinski definition) is 6. The molecule has 0 saturated carbocycles. The Hall–Kier alpha value is -3.47. The van der Waals surface area contributed by atoms with Crippen LogP contribution in [0.3, 0.4) is 0 Å². The molecule has 2 amide bonds. The molecule has 184 valence electrons. The summed E-state index contributed by atoms with van der Waals surface area (Å²) in [5, 5.41) is 6.10. The third kappa shape index (κ3) is 5.90. The van der Waals surface area contributed by atoms with E-state index in [-0.39, 0.29) is 41.3 Å². The number of carbonyl (C=O) groups excluding carboxylic acids is 1. The summed E-state index contributed by atoms with van der Waals surface area (Å²) in [4.78, 5) is 21.8. The first-order valence-electron chi connectivity index (χ1n) is 11.1. The molecule has 0 radical (unpaired) electrons. The van der Waals surface area contributed by atoms with E-state index in [1.165, 1.54) is 13.3 Å². The number of hydrogen-bond donors (Lipinski definition) is 4. The molecule has 9 nitrogen and oxygen atoms in total. The number of aliphatic imine (C=N–C) groups is 2. The van der Waals surface area contributed by atoms with Crippen LogP contribution in [0.5, 0.6) is 0 Å². The minimum absolute atomic E-state index is 0.0129. The van der Waals surface area contributed by atoms with Crippen LogP contribution in [0.25, 0.3) is 5.57 Å². The summed E-state index contributed by atoms with van der Waals surface area (Å²) in [5.41, 5.74) is 13.2. The zero-order valence-electron chi connectivity index (χ0n) is 19.4. The third-order valence-electron chi connectivity index (χ3n) is 5.79. The number of urea groups is 1. The van der Waals surface area contributed by atoms with E-state index in [2.05, 4.69) is 20.6 Å². The molecule has 2 aliphatic heterocycles. The molecule has 0 bridgehead atoms. The van der Waals surface area contributed by atoms with Gasteiger partial charge >= 0.3 is 6.03 Å². The molecule has 0 atom stereocenters. The number of halogens is 2. The highest BCUT2D eigenvalue weighted by Crippen LogP contribution is 2.27. The molecular weight excluding hydrogens is 444 g/mol. The molecule has 11 heteroatoms. The number of nitrogens with one attached hydrogen (secondary N) is 2. The number of carbonyl (C=O) groups is 1. The lowest BCUT2D eigenvalue weighted by Gasteiger charge is -2.33. The SMILES string of the molecule is CN=CC(=CN)c1cc(F)c(N=C(N)C2=C(NC3CCOCC3)CCN(C(=O)NC)C2)cc1F. The quantitative estimate of drug-likeness (QED) is 0.369. The molecule has 6 N–H and O–H groups in total. The van der Waals surface area contributed by atoms with Crippen LogP contribution >= 0.6 is 0 Å². The van der Waals surface area contributed by atoms with Crippen LogP contribution in [0.4, 0.5) is 19.3 Å². The Balaban J connectivity index is 1.96. The maximum Gasteiger partial charge on any atom is 0.317 e. The van der Waals surface area contributed by atoms with E-state index in [4.69, 9.17) is 16.2 Å². The number of nitrogens with zero attached hydrogens (tertiary/aromatic N) is 3. The first kappa shape index (κ1) is 25.2. The van der Waals surface area contributed by atoms with Crippen molar-refractivity contribution in [3.05, 3.63) is 46.8 Å². The van der Waals surface area contributed by atoms with Crippen LogP contribution in [0.15, 0.2) is 39.6 Å². The van der Waals surface area contributed by atoms with Crippen LogP contribution in [0.1, 0.15) is 24.8 Å². The number of rotatable bonds is 6. The van der Waals surface area contributed by atoms with Gasteiger partial charge in [0.15, 0.2) is 0 Å². The highest BCUT2D eigenvalue weighted by Gasteiger charge is 2.26. The van der Waals surface area contributed by atoms with Gasteiger partial charge in [0.05, 0.1) is 6.54 Å². The second kappa shape index (κ2) is 11.6.